The molecule has 0 aliphatic rings. The van der Waals surface area contributed by atoms with E-state index >= 15 is 0 Å². The summed E-state index contributed by atoms with van der Waals surface area (Å²) in [6.07, 6.45) is 2.09. The zero-order valence-electron chi connectivity index (χ0n) is 11.7. The fourth-order valence-electron chi connectivity index (χ4n) is 2.06. The van der Waals surface area contributed by atoms with Gasteiger partial charge in [-0.2, -0.15) is 5.26 Å². The van der Waals surface area contributed by atoms with Crippen molar-refractivity contribution in [2.24, 2.45) is 0 Å². The van der Waals surface area contributed by atoms with E-state index in [1.807, 2.05) is 23.9 Å². The average Bonchev–Trinajstić information content (AvgIpc) is 2.53. The van der Waals surface area contributed by atoms with Crippen LogP contribution in [0.4, 0.5) is 0 Å². The minimum absolute atomic E-state index is 0.337. The molecule has 20 heavy (non-hydrogen) atoms. The lowest BCUT2D eigenvalue weighted by Crippen LogP contribution is -1.97. The van der Waals surface area contributed by atoms with Gasteiger partial charge in [0.2, 0.25) is 0 Å². The number of rotatable bonds is 5. The number of benzene rings is 2. The monoisotopic (exact) mass is 299 g/mol. The second-order valence-electron chi connectivity index (χ2n) is 4.34. The van der Waals surface area contributed by atoms with Gasteiger partial charge in [-0.15, -0.1) is 23.5 Å². The van der Waals surface area contributed by atoms with Gasteiger partial charge in [-0.3, -0.25) is 0 Å². The Kier molecular flexibility index (Phi) is 5.58. The molecule has 0 N–H and O–H groups in total. The van der Waals surface area contributed by atoms with E-state index in [1.54, 1.807) is 11.8 Å². The lowest BCUT2D eigenvalue weighted by Gasteiger charge is -2.17. The maximum Gasteiger partial charge on any atom is 0.0991 e. The molecular weight excluding hydrogens is 282 g/mol. The van der Waals surface area contributed by atoms with Crippen LogP contribution in [0, 0.1) is 11.3 Å². The van der Waals surface area contributed by atoms with Crippen LogP contribution < -0.4 is 0 Å². The molecule has 2 aromatic rings. The van der Waals surface area contributed by atoms with Gasteiger partial charge in [0.25, 0.3) is 0 Å². The molecule has 0 aliphatic heterocycles. The number of nitriles is 1. The van der Waals surface area contributed by atoms with Crippen molar-refractivity contribution in [1.82, 2.24) is 0 Å². The quantitative estimate of drug-likeness (QED) is 0.716. The molecule has 0 saturated heterocycles. The van der Waals surface area contributed by atoms with E-state index in [0.717, 1.165) is 5.75 Å². The van der Waals surface area contributed by atoms with Gasteiger partial charge in [-0.25, -0.2) is 0 Å². The van der Waals surface area contributed by atoms with Gasteiger partial charge >= 0.3 is 0 Å². The highest BCUT2D eigenvalue weighted by molar-refractivity contribution is 7.99. The first-order chi connectivity index (χ1) is 9.78. The van der Waals surface area contributed by atoms with Gasteiger partial charge in [0.05, 0.1) is 16.9 Å². The number of thioether (sulfide) groups is 2. The van der Waals surface area contributed by atoms with Crippen LogP contribution >= 0.6 is 23.5 Å². The third kappa shape index (κ3) is 3.59. The van der Waals surface area contributed by atoms with Crippen molar-refractivity contribution in [2.75, 3.05) is 12.0 Å². The second-order valence-corrected chi connectivity index (χ2v) is 6.60. The van der Waals surface area contributed by atoms with E-state index in [9.17, 15) is 0 Å². The van der Waals surface area contributed by atoms with Crippen molar-refractivity contribution in [3.05, 3.63) is 65.2 Å². The Morgan fingerprint density at radius 2 is 1.55 bits per heavy atom. The maximum absolute atomic E-state index is 8.89. The zero-order chi connectivity index (χ0) is 14.4. The average molecular weight is 299 g/mol. The molecule has 1 nitrogen and oxygen atoms in total. The van der Waals surface area contributed by atoms with Crippen LogP contribution in [0.15, 0.2) is 53.4 Å². The smallest absolute Gasteiger partial charge is 0.0991 e. The lowest BCUT2D eigenvalue weighted by molar-refractivity contribution is 1.14. The van der Waals surface area contributed by atoms with Gasteiger partial charge in [0.1, 0.15) is 0 Å². The normalized spacial score (nSPS) is 11.8. The number of hydrogen-bond acceptors (Lipinski definition) is 3. The van der Waals surface area contributed by atoms with Crippen molar-refractivity contribution in [2.45, 2.75) is 17.1 Å². The van der Waals surface area contributed by atoms with Crippen LogP contribution in [0.2, 0.25) is 0 Å². The summed E-state index contributed by atoms with van der Waals surface area (Å²) in [7, 11) is 0. The Morgan fingerprint density at radius 3 is 2.00 bits per heavy atom. The fourth-order valence-corrected chi connectivity index (χ4v) is 3.50. The number of nitrogens with zero attached hydrogens (tertiary/aromatic N) is 1. The molecule has 2 aromatic carbocycles. The molecule has 0 fully saturated rings. The summed E-state index contributed by atoms with van der Waals surface area (Å²) in [4.78, 5) is 1.29. The Bertz CT molecular complexity index is 582. The highest BCUT2D eigenvalue weighted by atomic mass is 32.2. The SMILES string of the molecule is CCSC(c1ccc(C#N)cc1)c1ccc(SC)cc1. The molecular formula is C17H17NS2. The fraction of sp³-hybridized carbons (Fsp3) is 0.235. The predicted molar refractivity (Wildman–Crippen MR) is 89.4 cm³/mol. The summed E-state index contributed by atoms with van der Waals surface area (Å²) in [6.45, 7) is 2.18. The molecule has 0 spiro atoms. The Labute approximate surface area is 129 Å². The second kappa shape index (κ2) is 7.42. The van der Waals surface area contributed by atoms with E-state index < -0.39 is 0 Å². The third-order valence-electron chi connectivity index (χ3n) is 3.09. The van der Waals surface area contributed by atoms with Crippen molar-refractivity contribution < 1.29 is 0 Å². The summed E-state index contributed by atoms with van der Waals surface area (Å²) >= 11 is 3.68. The van der Waals surface area contributed by atoms with Crippen molar-refractivity contribution >= 4 is 23.5 Å². The largest absolute Gasteiger partial charge is 0.192 e. The predicted octanol–water partition coefficient (Wildman–Crippen LogP) is 5.12. The first-order valence-electron chi connectivity index (χ1n) is 6.54. The van der Waals surface area contributed by atoms with E-state index in [-0.39, 0.29) is 0 Å². The van der Waals surface area contributed by atoms with Crippen LogP contribution in [0.1, 0.15) is 28.9 Å². The van der Waals surface area contributed by atoms with Crippen LogP contribution in [0.3, 0.4) is 0 Å². The van der Waals surface area contributed by atoms with Crippen molar-refractivity contribution in [3.8, 4) is 6.07 Å². The van der Waals surface area contributed by atoms with E-state index in [2.05, 4.69) is 55.6 Å². The van der Waals surface area contributed by atoms with Crippen LogP contribution in [-0.2, 0) is 0 Å². The molecule has 0 bridgehead atoms. The van der Waals surface area contributed by atoms with Crippen molar-refractivity contribution in [3.63, 3.8) is 0 Å². The molecule has 3 heteroatoms. The first kappa shape index (κ1) is 15.0. The van der Waals surface area contributed by atoms with Gasteiger partial charge in [-0.05, 0) is 47.4 Å². The highest BCUT2D eigenvalue weighted by Gasteiger charge is 2.13. The standard InChI is InChI=1S/C17H17NS2/c1-3-20-17(14-6-4-13(12-18)5-7-14)15-8-10-16(19-2)11-9-15/h4-11,17H,3H2,1-2H3. The Morgan fingerprint density at radius 1 is 1.00 bits per heavy atom. The lowest BCUT2D eigenvalue weighted by atomic mass is 10.0. The van der Waals surface area contributed by atoms with Crippen molar-refractivity contribution in [1.29, 1.82) is 5.26 Å². The molecule has 1 atom stereocenters. The van der Waals surface area contributed by atoms with Crippen LogP contribution in [-0.4, -0.2) is 12.0 Å². The van der Waals surface area contributed by atoms with Crippen LogP contribution in [0.5, 0.6) is 0 Å². The summed E-state index contributed by atoms with van der Waals surface area (Å²) < 4.78 is 0. The van der Waals surface area contributed by atoms with Gasteiger partial charge in [-0.1, -0.05) is 31.2 Å². The molecule has 0 aromatic heterocycles. The minimum Gasteiger partial charge on any atom is -0.192 e. The maximum atomic E-state index is 8.89. The zero-order valence-corrected chi connectivity index (χ0v) is 13.3. The summed E-state index contributed by atoms with van der Waals surface area (Å²) in [6, 6.07) is 18.9. The van der Waals surface area contributed by atoms with Gasteiger partial charge in [0.15, 0.2) is 0 Å². The van der Waals surface area contributed by atoms with Crippen LogP contribution in [0.25, 0.3) is 0 Å². The Hall–Kier alpha value is -1.37. The molecule has 102 valence electrons. The summed E-state index contributed by atoms with van der Waals surface area (Å²) in [5.74, 6) is 1.06. The van der Waals surface area contributed by atoms with E-state index in [0.29, 0.717) is 10.8 Å². The molecule has 0 aliphatic carbocycles. The van der Waals surface area contributed by atoms with Gasteiger partial charge < -0.3 is 0 Å². The topological polar surface area (TPSA) is 23.8 Å². The minimum atomic E-state index is 0.337. The summed E-state index contributed by atoms with van der Waals surface area (Å²) in [5, 5.41) is 9.22. The first-order valence-corrected chi connectivity index (χ1v) is 8.81. The number of hydrogen-bond donors (Lipinski definition) is 0. The van der Waals surface area contributed by atoms with Gasteiger partial charge in [0, 0.05) is 4.90 Å². The molecule has 0 amide bonds. The highest BCUT2D eigenvalue weighted by Crippen LogP contribution is 2.36. The van der Waals surface area contributed by atoms with E-state index in [4.69, 9.17) is 5.26 Å². The molecule has 0 heterocycles. The Balaban J connectivity index is 2.31. The molecule has 0 saturated carbocycles. The molecule has 2 rings (SSSR count). The van der Waals surface area contributed by atoms with E-state index in [1.165, 1.54) is 16.0 Å². The summed E-state index contributed by atoms with van der Waals surface area (Å²) in [5.41, 5.74) is 3.29. The molecule has 0 radical (unpaired) electrons. The molecule has 1 unspecified atom stereocenters. The third-order valence-corrected chi connectivity index (χ3v) is 5.05.